The lowest BCUT2D eigenvalue weighted by Gasteiger charge is -2.08. The first-order chi connectivity index (χ1) is 16.3. The topological polar surface area (TPSA) is 107 Å². The number of ether oxygens (including phenoxy) is 1. The number of nitrogens with one attached hydrogen (secondary N) is 1. The molecule has 4 aromatic rings. The Morgan fingerprint density at radius 2 is 1.91 bits per heavy atom. The summed E-state index contributed by atoms with van der Waals surface area (Å²) < 4.78 is 6.94. The highest BCUT2D eigenvalue weighted by Crippen LogP contribution is 2.28. The van der Waals surface area contributed by atoms with Crippen LogP contribution in [0.2, 0.25) is 10.0 Å². The van der Waals surface area contributed by atoms with Crippen molar-refractivity contribution in [2.24, 2.45) is 5.10 Å². The van der Waals surface area contributed by atoms with Crippen LogP contribution in [0.1, 0.15) is 36.2 Å². The number of anilines is 1. The Morgan fingerprint density at radius 1 is 1.18 bits per heavy atom. The van der Waals surface area contributed by atoms with E-state index in [9.17, 15) is 4.79 Å². The number of nitrogens with zero attached hydrogens (tertiary/aromatic N) is 4. The molecule has 0 aliphatic carbocycles. The summed E-state index contributed by atoms with van der Waals surface area (Å²) in [6.45, 7) is 4.92. The number of carbonyl (C=O) groups is 1. The second kappa shape index (κ2) is 10.4. The minimum Gasteiger partial charge on any atom is -0.383 e. The summed E-state index contributed by atoms with van der Waals surface area (Å²) in [6.07, 6.45) is 2.38. The Balaban J connectivity index is 1.72. The first-order valence-electron chi connectivity index (χ1n) is 10.8. The SMILES string of the molecule is CC(C)OCCCNC(=O)c1c(N)n(/N=C/c2ccc(Cl)c(Cl)c2)c2nc3ccccc3nc12. The molecule has 0 saturated heterocycles. The van der Waals surface area contributed by atoms with Gasteiger partial charge in [0, 0.05) is 13.2 Å². The number of rotatable bonds is 8. The second-order valence-electron chi connectivity index (χ2n) is 7.90. The predicted molar refractivity (Wildman–Crippen MR) is 137 cm³/mol. The van der Waals surface area contributed by atoms with Gasteiger partial charge < -0.3 is 15.8 Å². The number of fused-ring (bicyclic) bond motifs is 2. The molecule has 2 heterocycles. The molecule has 0 radical (unpaired) electrons. The van der Waals surface area contributed by atoms with Gasteiger partial charge in [-0.05, 0) is 50.1 Å². The molecule has 0 unspecified atom stereocenters. The lowest BCUT2D eigenvalue weighted by atomic mass is 10.2. The third-order valence-electron chi connectivity index (χ3n) is 5.02. The van der Waals surface area contributed by atoms with E-state index in [-0.39, 0.29) is 23.4 Å². The van der Waals surface area contributed by atoms with Crippen molar-refractivity contribution in [2.45, 2.75) is 26.4 Å². The summed E-state index contributed by atoms with van der Waals surface area (Å²) in [7, 11) is 0. The number of aromatic nitrogens is 3. The third-order valence-corrected chi connectivity index (χ3v) is 5.76. The molecule has 2 aromatic heterocycles. The molecule has 176 valence electrons. The molecule has 0 aliphatic rings. The van der Waals surface area contributed by atoms with Crippen molar-refractivity contribution >= 4 is 63.3 Å². The van der Waals surface area contributed by atoms with Crippen molar-refractivity contribution in [3.63, 3.8) is 0 Å². The number of hydrogen-bond acceptors (Lipinski definition) is 6. The zero-order valence-electron chi connectivity index (χ0n) is 18.8. The molecule has 8 nitrogen and oxygen atoms in total. The maximum absolute atomic E-state index is 13.1. The molecule has 1 amide bonds. The maximum Gasteiger partial charge on any atom is 0.257 e. The van der Waals surface area contributed by atoms with Gasteiger partial charge in [-0.15, -0.1) is 0 Å². The van der Waals surface area contributed by atoms with Gasteiger partial charge in [0.1, 0.15) is 16.9 Å². The molecule has 10 heteroatoms. The van der Waals surface area contributed by atoms with Crippen LogP contribution < -0.4 is 11.1 Å². The third kappa shape index (κ3) is 5.14. The van der Waals surface area contributed by atoms with E-state index in [1.54, 1.807) is 24.4 Å². The van der Waals surface area contributed by atoms with Crippen LogP contribution in [0, 0.1) is 0 Å². The van der Waals surface area contributed by atoms with Crippen LogP contribution in [-0.2, 0) is 4.74 Å². The molecule has 0 atom stereocenters. The van der Waals surface area contributed by atoms with Crippen LogP contribution in [0.25, 0.3) is 22.2 Å². The van der Waals surface area contributed by atoms with Gasteiger partial charge >= 0.3 is 0 Å². The number of amides is 1. The Hall–Kier alpha value is -3.20. The normalized spacial score (nSPS) is 11.8. The monoisotopic (exact) mass is 498 g/mol. The molecule has 0 spiro atoms. The van der Waals surface area contributed by atoms with E-state index in [2.05, 4.69) is 20.4 Å². The Kier molecular flexibility index (Phi) is 7.31. The molecule has 4 rings (SSSR count). The Morgan fingerprint density at radius 3 is 2.62 bits per heavy atom. The van der Waals surface area contributed by atoms with Crippen LogP contribution in [-0.4, -0.2) is 46.0 Å². The lowest BCUT2D eigenvalue weighted by molar-refractivity contribution is 0.0757. The van der Waals surface area contributed by atoms with Gasteiger partial charge in [-0.1, -0.05) is 41.4 Å². The van der Waals surface area contributed by atoms with Crippen LogP contribution in [0.5, 0.6) is 0 Å². The van der Waals surface area contributed by atoms with Gasteiger partial charge in [0.05, 0.1) is 33.4 Å². The van der Waals surface area contributed by atoms with Crippen molar-refractivity contribution in [1.29, 1.82) is 0 Å². The zero-order valence-corrected chi connectivity index (χ0v) is 20.3. The highest BCUT2D eigenvalue weighted by atomic mass is 35.5. The van der Waals surface area contributed by atoms with Gasteiger partial charge in [0.15, 0.2) is 5.65 Å². The van der Waals surface area contributed by atoms with Crippen LogP contribution >= 0.6 is 23.2 Å². The van der Waals surface area contributed by atoms with Crippen molar-refractivity contribution in [3.05, 3.63) is 63.6 Å². The fourth-order valence-corrected chi connectivity index (χ4v) is 3.69. The number of carbonyl (C=O) groups excluding carboxylic acids is 1. The number of nitrogens with two attached hydrogens (primary N) is 1. The van der Waals surface area contributed by atoms with E-state index in [0.717, 1.165) is 0 Å². The van der Waals surface area contributed by atoms with Crippen molar-refractivity contribution in [3.8, 4) is 0 Å². The molecule has 34 heavy (non-hydrogen) atoms. The molecule has 0 bridgehead atoms. The van der Waals surface area contributed by atoms with Gasteiger partial charge in [0.2, 0.25) is 0 Å². The molecule has 0 saturated carbocycles. The van der Waals surface area contributed by atoms with Crippen LogP contribution in [0.15, 0.2) is 47.6 Å². The minimum atomic E-state index is -0.347. The maximum atomic E-state index is 13.1. The number of nitrogen functional groups attached to an aromatic ring is 1. The molecule has 0 aliphatic heterocycles. The fraction of sp³-hybridized carbons (Fsp3) is 0.250. The van der Waals surface area contributed by atoms with Crippen molar-refractivity contribution in [1.82, 2.24) is 20.0 Å². The van der Waals surface area contributed by atoms with Crippen LogP contribution in [0.4, 0.5) is 5.82 Å². The zero-order chi connectivity index (χ0) is 24.2. The summed E-state index contributed by atoms with van der Waals surface area (Å²) >= 11 is 12.1. The highest BCUT2D eigenvalue weighted by molar-refractivity contribution is 6.42. The van der Waals surface area contributed by atoms with E-state index in [1.807, 2.05) is 38.1 Å². The molecular formula is C24H24Cl2N6O2. The van der Waals surface area contributed by atoms with Gasteiger partial charge in [-0.2, -0.15) is 9.78 Å². The van der Waals surface area contributed by atoms with E-state index in [1.165, 1.54) is 4.68 Å². The average Bonchev–Trinajstić information content (AvgIpc) is 3.07. The summed E-state index contributed by atoms with van der Waals surface area (Å²) in [5.74, 6) is -0.210. The quantitative estimate of drug-likeness (QED) is 0.265. The standard InChI is InChI=1S/C24H24Cl2N6O2/c1-14(2)34-11-5-10-28-24(33)20-21-23(31-19-7-4-3-6-18(19)30-21)32(22(20)27)29-13-15-8-9-16(25)17(26)12-15/h3-4,6-9,12-14H,5,10-11,27H2,1-2H3,(H,28,33)/b29-13+. The van der Waals surface area contributed by atoms with Gasteiger partial charge in [-0.25, -0.2) is 9.97 Å². The largest absolute Gasteiger partial charge is 0.383 e. The van der Waals surface area contributed by atoms with E-state index in [0.29, 0.717) is 57.4 Å². The number of para-hydroxylation sites is 2. The van der Waals surface area contributed by atoms with E-state index < -0.39 is 0 Å². The number of benzene rings is 2. The average molecular weight is 499 g/mol. The van der Waals surface area contributed by atoms with Gasteiger partial charge in [-0.3, -0.25) is 4.79 Å². The first-order valence-corrected chi connectivity index (χ1v) is 11.6. The highest BCUT2D eigenvalue weighted by Gasteiger charge is 2.23. The van der Waals surface area contributed by atoms with Crippen molar-refractivity contribution in [2.75, 3.05) is 18.9 Å². The minimum absolute atomic E-state index is 0.137. The number of halogens is 2. The molecule has 3 N–H and O–H groups in total. The number of hydrogen-bond donors (Lipinski definition) is 2. The lowest BCUT2D eigenvalue weighted by Crippen LogP contribution is -2.26. The summed E-state index contributed by atoms with van der Waals surface area (Å²) in [5.41, 5.74) is 9.40. The van der Waals surface area contributed by atoms with E-state index in [4.69, 9.17) is 33.7 Å². The summed E-state index contributed by atoms with van der Waals surface area (Å²) in [4.78, 5) is 22.4. The molecule has 0 fully saturated rings. The molecular weight excluding hydrogens is 475 g/mol. The Labute approximate surface area is 206 Å². The van der Waals surface area contributed by atoms with Gasteiger partial charge in [0.25, 0.3) is 5.91 Å². The van der Waals surface area contributed by atoms with E-state index >= 15 is 0 Å². The smallest absolute Gasteiger partial charge is 0.257 e. The molecule has 2 aromatic carbocycles. The predicted octanol–water partition coefficient (Wildman–Crippen LogP) is 4.90. The van der Waals surface area contributed by atoms with Crippen molar-refractivity contribution < 1.29 is 9.53 Å². The second-order valence-corrected chi connectivity index (χ2v) is 8.72. The van der Waals surface area contributed by atoms with Crippen LogP contribution in [0.3, 0.4) is 0 Å². The summed E-state index contributed by atoms with van der Waals surface area (Å²) in [5, 5.41) is 8.22. The first kappa shape index (κ1) is 23.9. The summed E-state index contributed by atoms with van der Waals surface area (Å²) in [6, 6.07) is 12.5. The Bertz CT molecular complexity index is 1380. The fourth-order valence-electron chi connectivity index (χ4n) is 3.39.